The van der Waals surface area contributed by atoms with Crippen molar-refractivity contribution >= 4 is 34.4 Å². The monoisotopic (exact) mass is 395 g/mol. The van der Waals surface area contributed by atoms with Gasteiger partial charge in [-0.05, 0) is 39.8 Å². The number of thioether (sulfide) groups is 2. The maximum atomic E-state index is 9.57. The molecule has 0 radical (unpaired) electrons. The molecule has 1 unspecified atom stereocenters. The summed E-state index contributed by atoms with van der Waals surface area (Å²) in [6, 6.07) is 16.4. The van der Waals surface area contributed by atoms with Crippen LogP contribution in [-0.4, -0.2) is 20.3 Å². The van der Waals surface area contributed by atoms with Crippen LogP contribution in [0.3, 0.4) is 0 Å². The molecule has 3 rings (SSSR count). The molecule has 1 fully saturated rings. The van der Waals surface area contributed by atoms with Gasteiger partial charge >= 0.3 is 0 Å². The van der Waals surface area contributed by atoms with E-state index in [1.54, 1.807) is 17.8 Å². The lowest BCUT2D eigenvalue weighted by molar-refractivity contribution is -0.0830. The van der Waals surface area contributed by atoms with Crippen molar-refractivity contribution in [3.8, 4) is 12.1 Å². The average Bonchev–Trinajstić information content (AvgIpc) is 2.60. The fraction of sp³-hybridized carbons (Fsp3) is 0.381. The van der Waals surface area contributed by atoms with Gasteiger partial charge in [-0.2, -0.15) is 10.5 Å². The van der Waals surface area contributed by atoms with E-state index < -0.39 is 15.3 Å². The molecule has 0 saturated carbocycles. The van der Waals surface area contributed by atoms with Crippen molar-refractivity contribution < 1.29 is 4.74 Å². The molecule has 1 atom stereocenters. The maximum absolute atomic E-state index is 9.57. The van der Waals surface area contributed by atoms with Gasteiger partial charge < -0.3 is 4.74 Å². The zero-order valence-corrected chi connectivity index (χ0v) is 17.4. The van der Waals surface area contributed by atoms with Crippen LogP contribution in [0.15, 0.2) is 52.4 Å². The lowest BCUT2D eigenvalue weighted by Gasteiger charge is -2.53. The van der Waals surface area contributed by atoms with Gasteiger partial charge in [0.05, 0.1) is 39.4 Å². The van der Waals surface area contributed by atoms with Gasteiger partial charge in [-0.1, -0.05) is 36.0 Å². The zero-order chi connectivity index (χ0) is 19.7. The number of pyridine rings is 1. The van der Waals surface area contributed by atoms with Gasteiger partial charge in [0.2, 0.25) is 0 Å². The number of hydrogen-bond donors (Lipinski definition) is 0. The van der Waals surface area contributed by atoms with Crippen molar-refractivity contribution in [2.24, 2.45) is 0 Å². The Labute approximate surface area is 168 Å². The third-order valence-electron chi connectivity index (χ3n) is 4.65. The van der Waals surface area contributed by atoms with Gasteiger partial charge in [0, 0.05) is 16.4 Å². The summed E-state index contributed by atoms with van der Waals surface area (Å²) in [5.41, 5.74) is 0.261. The van der Waals surface area contributed by atoms with E-state index >= 15 is 0 Å². The molecule has 6 heteroatoms. The number of benzene rings is 1. The van der Waals surface area contributed by atoms with Crippen molar-refractivity contribution in [2.45, 2.75) is 54.4 Å². The normalized spacial score (nSPS) is 25.0. The summed E-state index contributed by atoms with van der Waals surface area (Å²) in [4.78, 5) is 4.84. The van der Waals surface area contributed by atoms with Crippen LogP contribution in [-0.2, 0) is 4.74 Å². The fourth-order valence-corrected chi connectivity index (χ4v) is 5.85. The van der Waals surface area contributed by atoms with E-state index in [0.717, 1.165) is 20.8 Å². The van der Waals surface area contributed by atoms with Crippen LogP contribution >= 0.6 is 23.5 Å². The van der Waals surface area contributed by atoms with Crippen molar-refractivity contribution in [1.29, 1.82) is 10.5 Å². The number of fused-ring (bicyclic) bond motifs is 1. The first-order valence-electron chi connectivity index (χ1n) is 8.64. The van der Waals surface area contributed by atoms with Gasteiger partial charge in [-0.25, -0.2) is 4.98 Å². The summed E-state index contributed by atoms with van der Waals surface area (Å²) in [5, 5.41) is 20.6. The van der Waals surface area contributed by atoms with E-state index in [0.29, 0.717) is 0 Å². The maximum Gasteiger partial charge on any atom is 0.148 e. The van der Waals surface area contributed by atoms with Gasteiger partial charge in [-0.3, -0.25) is 0 Å². The lowest BCUT2D eigenvalue weighted by atomic mass is 9.99. The van der Waals surface area contributed by atoms with Crippen molar-refractivity contribution in [2.75, 3.05) is 0 Å². The smallest absolute Gasteiger partial charge is 0.148 e. The minimum absolute atomic E-state index is 0.218. The van der Waals surface area contributed by atoms with E-state index in [-0.39, 0.29) is 6.42 Å². The largest absolute Gasteiger partial charge is 0.350 e. The Morgan fingerprint density at radius 2 is 1.89 bits per heavy atom. The summed E-state index contributed by atoms with van der Waals surface area (Å²) in [5.74, 6) is 0. The molecule has 1 saturated heterocycles. The van der Waals surface area contributed by atoms with E-state index in [4.69, 9.17) is 15.0 Å². The molecule has 1 aliphatic rings. The van der Waals surface area contributed by atoms with Crippen molar-refractivity contribution in [3.05, 3.63) is 47.4 Å². The van der Waals surface area contributed by atoms with Gasteiger partial charge in [-0.15, -0.1) is 11.8 Å². The molecule has 0 N–H and O–H groups in total. The molecule has 1 aromatic heterocycles. The van der Waals surface area contributed by atoms with Gasteiger partial charge in [0.25, 0.3) is 0 Å². The highest BCUT2D eigenvalue weighted by Gasteiger charge is 2.56. The molecule has 0 aliphatic carbocycles. The second-order valence-electron chi connectivity index (χ2n) is 7.39. The molecule has 4 nitrogen and oxygen atoms in total. The summed E-state index contributed by atoms with van der Waals surface area (Å²) in [7, 11) is 0. The van der Waals surface area contributed by atoms with Crippen LogP contribution in [0.1, 0.15) is 34.1 Å². The summed E-state index contributed by atoms with van der Waals surface area (Å²) < 4.78 is 6.13. The van der Waals surface area contributed by atoms with Crippen LogP contribution in [0.2, 0.25) is 0 Å². The fourth-order valence-electron chi connectivity index (χ4n) is 3.13. The Morgan fingerprint density at radius 3 is 2.59 bits per heavy atom. The van der Waals surface area contributed by atoms with Crippen LogP contribution in [0, 0.1) is 22.7 Å². The Morgan fingerprint density at radius 1 is 1.15 bits per heavy atom. The van der Waals surface area contributed by atoms with Crippen LogP contribution in [0.25, 0.3) is 10.9 Å². The molecule has 0 spiro atoms. The number of para-hydroxylation sites is 1. The van der Waals surface area contributed by atoms with E-state index in [1.807, 2.05) is 50.2 Å². The van der Waals surface area contributed by atoms with Crippen LogP contribution in [0.4, 0.5) is 0 Å². The molecular formula is C21H21N3OS2. The molecule has 0 amide bonds. The molecule has 2 heterocycles. The van der Waals surface area contributed by atoms with E-state index in [9.17, 15) is 5.26 Å². The quantitative estimate of drug-likeness (QED) is 0.624. The number of ether oxygens (including phenoxy) is 1. The molecule has 0 bridgehead atoms. The van der Waals surface area contributed by atoms with Crippen LogP contribution in [0.5, 0.6) is 0 Å². The highest BCUT2D eigenvalue weighted by molar-refractivity contribution is 8.07. The Kier molecular flexibility index (Phi) is 5.27. The first kappa shape index (κ1) is 19.8. The number of nitrogens with zero attached hydrogens (tertiary/aromatic N) is 3. The number of rotatable bonds is 3. The molecular weight excluding hydrogens is 374 g/mol. The van der Waals surface area contributed by atoms with E-state index in [2.05, 4.69) is 26.0 Å². The van der Waals surface area contributed by atoms with Crippen molar-refractivity contribution in [3.63, 3.8) is 0 Å². The SMILES string of the molecule is CC1(C)OC(CC#N)(Sc2ccc3ccccc3n2)C(C)(C)SC1=CC#N. The molecule has 1 aliphatic heterocycles. The molecule has 1 aromatic carbocycles. The number of aromatic nitrogens is 1. The minimum Gasteiger partial charge on any atom is -0.350 e. The second-order valence-corrected chi connectivity index (χ2v) is 10.3. The molecule has 138 valence electrons. The standard InChI is InChI=1S/C21H21N3OS2/c1-19(2)17(11-13-22)26-20(3,4)21(25-19,12-14-23)27-18-10-9-15-7-5-6-8-16(15)24-18/h5-11H,12H2,1-4H3. The number of allylic oxidation sites excluding steroid dienone is 1. The highest BCUT2D eigenvalue weighted by atomic mass is 32.2. The predicted octanol–water partition coefficient (Wildman–Crippen LogP) is 5.66. The Balaban J connectivity index is 2.05. The number of nitriles is 2. The molecule has 27 heavy (non-hydrogen) atoms. The number of hydrogen-bond acceptors (Lipinski definition) is 6. The Bertz CT molecular complexity index is 985. The van der Waals surface area contributed by atoms with Gasteiger partial charge in [0.1, 0.15) is 4.93 Å². The lowest BCUT2D eigenvalue weighted by Crippen LogP contribution is -2.56. The van der Waals surface area contributed by atoms with Crippen LogP contribution < -0.4 is 0 Å². The van der Waals surface area contributed by atoms with E-state index in [1.165, 1.54) is 11.8 Å². The first-order valence-corrected chi connectivity index (χ1v) is 10.3. The average molecular weight is 396 g/mol. The summed E-state index contributed by atoms with van der Waals surface area (Å²) in [6.07, 6.45) is 1.76. The zero-order valence-electron chi connectivity index (χ0n) is 15.8. The topological polar surface area (TPSA) is 69.7 Å². The third kappa shape index (κ3) is 3.71. The predicted molar refractivity (Wildman–Crippen MR) is 111 cm³/mol. The first-order chi connectivity index (χ1) is 12.7. The highest BCUT2D eigenvalue weighted by Crippen LogP contribution is 2.59. The third-order valence-corrected chi connectivity index (χ3v) is 7.95. The van der Waals surface area contributed by atoms with Crippen molar-refractivity contribution in [1.82, 2.24) is 4.98 Å². The summed E-state index contributed by atoms with van der Waals surface area (Å²) >= 11 is 3.10. The van der Waals surface area contributed by atoms with Gasteiger partial charge in [0.15, 0.2) is 0 Å². The second kappa shape index (κ2) is 7.20. The minimum atomic E-state index is -0.793. The Hall–Kier alpha value is -1.99. The summed E-state index contributed by atoms with van der Waals surface area (Å²) in [6.45, 7) is 8.00. The molecule has 2 aromatic rings.